The Morgan fingerprint density at radius 2 is 1.60 bits per heavy atom. The molecule has 3 heterocycles. The van der Waals surface area contributed by atoms with Gasteiger partial charge in [0.05, 0.1) is 62.1 Å². The van der Waals surface area contributed by atoms with Crippen molar-refractivity contribution in [3.8, 4) is 0 Å². The molecular weight excluding hydrogens is 548 g/mol. The van der Waals surface area contributed by atoms with Gasteiger partial charge in [-0.2, -0.15) is 0 Å². The average Bonchev–Trinajstić information content (AvgIpc) is 3.01. The van der Waals surface area contributed by atoms with Gasteiger partial charge in [-0.3, -0.25) is 0 Å². The minimum absolute atomic E-state index is 0.0215. The van der Waals surface area contributed by atoms with E-state index in [0.717, 1.165) is 90.2 Å². The molecule has 0 aromatic heterocycles. The van der Waals surface area contributed by atoms with Crippen LogP contribution in [0, 0.1) is 41.4 Å². The number of aliphatic hydroxyl groups is 2. The first kappa shape index (κ1) is 32.6. The van der Waals surface area contributed by atoms with Crippen molar-refractivity contribution in [1.82, 2.24) is 5.32 Å². The number of hydrogen-bond acceptors (Lipinski definition) is 9. The number of methoxy groups -OCH3 is 2. The second-order valence-electron chi connectivity index (χ2n) is 15.1. The second kappa shape index (κ2) is 15.0. The molecule has 11 unspecified atom stereocenters. The van der Waals surface area contributed by atoms with E-state index in [4.69, 9.17) is 29.4 Å². The van der Waals surface area contributed by atoms with Crippen LogP contribution in [0.3, 0.4) is 0 Å². The molecule has 6 rings (SSSR count). The SMILES string of the molecule is COC1CC(CC2CCCC(O)C2)C2OC[C@@H]([C@@H]3COC4CCC(OC)CC4[C@@H]3OCCC3CCNC(N)C3)[C@H](O)C2C1. The molecule has 248 valence electrons. The molecule has 0 aromatic rings. The fourth-order valence-electron chi connectivity index (χ4n) is 10.1. The quantitative estimate of drug-likeness (QED) is 0.312. The van der Waals surface area contributed by atoms with Crippen LogP contribution in [0.15, 0.2) is 0 Å². The van der Waals surface area contributed by atoms with E-state index in [1.165, 1.54) is 6.42 Å². The van der Waals surface area contributed by atoms with Crippen molar-refractivity contribution in [3.05, 3.63) is 0 Å². The molecule has 43 heavy (non-hydrogen) atoms. The predicted octanol–water partition coefficient (Wildman–Crippen LogP) is 3.23. The van der Waals surface area contributed by atoms with Crippen LogP contribution in [-0.4, -0.2) is 99.7 Å². The van der Waals surface area contributed by atoms with Crippen molar-refractivity contribution in [2.45, 2.75) is 132 Å². The first-order chi connectivity index (χ1) is 20.9. The van der Waals surface area contributed by atoms with Crippen LogP contribution >= 0.6 is 0 Å². The van der Waals surface area contributed by atoms with Crippen LogP contribution in [0.2, 0.25) is 0 Å². The molecule has 5 N–H and O–H groups in total. The molecule has 0 aromatic carbocycles. The fraction of sp³-hybridized carbons (Fsp3) is 1.00. The zero-order valence-corrected chi connectivity index (χ0v) is 26.7. The Bertz CT molecular complexity index is 867. The lowest BCUT2D eigenvalue weighted by atomic mass is 9.64. The zero-order chi connectivity index (χ0) is 29.9. The van der Waals surface area contributed by atoms with Crippen LogP contribution in [0.4, 0.5) is 0 Å². The van der Waals surface area contributed by atoms with E-state index in [2.05, 4.69) is 5.32 Å². The van der Waals surface area contributed by atoms with Gasteiger partial charge in [0.25, 0.3) is 0 Å². The number of fused-ring (bicyclic) bond motifs is 2. The summed E-state index contributed by atoms with van der Waals surface area (Å²) in [4.78, 5) is 0. The summed E-state index contributed by atoms with van der Waals surface area (Å²) < 4.78 is 32.0. The third-order valence-electron chi connectivity index (χ3n) is 12.5. The maximum atomic E-state index is 12.1. The number of hydrogen-bond donors (Lipinski definition) is 4. The Kier molecular flexibility index (Phi) is 11.4. The smallest absolute Gasteiger partial charge is 0.0683 e. The summed E-state index contributed by atoms with van der Waals surface area (Å²) in [5, 5.41) is 25.8. The molecule has 0 amide bonds. The molecule has 3 aliphatic carbocycles. The standard InChI is InChI=1S/C34H60N2O7/c1-39-24-6-7-30-26(16-24)34(41-11-9-20-8-10-36-31(35)14-20)29(19-42-30)28-18-43-33-22(12-21-4-3-5-23(37)13-21)15-25(40-2)17-27(33)32(28)38/h20-34,36-38H,3-19,35H2,1-2H3/t20?,21?,22?,23?,24?,25?,26?,27?,28-,29-,30?,31?,32+,33?,34-/m0/s1. The molecule has 3 saturated carbocycles. The van der Waals surface area contributed by atoms with E-state index in [0.29, 0.717) is 31.0 Å². The number of rotatable bonds is 9. The average molecular weight is 609 g/mol. The van der Waals surface area contributed by atoms with Crippen molar-refractivity contribution in [3.63, 3.8) is 0 Å². The van der Waals surface area contributed by atoms with Crippen LogP contribution in [-0.2, 0) is 23.7 Å². The number of ether oxygens (including phenoxy) is 5. The lowest BCUT2D eigenvalue weighted by Crippen LogP contribution is -2.60. The molecule has 0 radical (unpaired) electrons. The lowest BCUT2D eigenvalue weighted by molar-refractivity contribution is -0.236. The normalized spacial score (nSPS) is 49.2. The highest BCUT2D eigenvalue weighted by Gasteiger charge is 2.54. The van der Waals surface area contributed by atoms with Crippen LogP contribution in [0.25, 0.3) is 0 Å². The Balaban J connectivity index is 1.15. The van der Waals surface area contributed by atoms with E-state index >= 15 is 0 Å². The molecule has 3 saturated heterocycles. The summed E-state index contributed by atoms with van der Waals surface area (Å²) in [6.45, 7) is 2.86. The van der Waals surface area contributed by atoms with Gasteiger partial charge in [-0.1, -0.05) is 12.8 Å². The molecule has 0 bridgehead atoms. The van der Waals surface area contributed by atoms with Crippen LogP contribution < -0.4 is 11.1 Å². The van der Waals surface area contributed by atoms with Crippen molar-refractivity contribution in [2.24, 2.45) is 47.2 Å². The summed E-state index contributed by atoms with van der Waals surface area (Å²) in [5.41, 5.74) is 6.19. The number of piperidine rings is 1. The van der Waals surface area contributed by atoms with Gasteiger partial charge >= 0.3 is 0 Å². The minimum Gasteiger partial charge on any atom is -0.393 e. The van der Waals surface area contributed by atoms with Gasteiger partial charge in [-0.15, -0.1) is 0 Å². The third kappa shape index (κ3) is 7.62. The first-order valence-corrected chi connectivity index (χ1v) is 17.7. The molecule has 0 spiro atoms. The summed E-state index contributed by atoms with van der Waals surface area (Å²) in [6.07, 6.45) is 13.1. The van der Waals surface area contributed by atoms with E-state index in [1.54, 1.807) is 0 Å². The number of nitrogens with two attached hydrogens (primary N) is 1. The number of aliphatic hydroxyl groups excluding tert-OH is 2. The maximum absolute atomic E-state index is 12.1. The van der Waals surface area contributed by atoms with E-state index in [9.17, 15) is 10.2 Å². The Labute approximate surface area is 259 Å². The van der Waals surface area contributed by atoms with Gasteiger partial charge in [0, 0.05) is 44.5 Å². The molecule has 3 aliphatic heterocycles. The zero-order valence-electron chi connectivity index (χ0n) is 26.7. The van der Waals surface area contributed by atoms with Crippen molar-refractivity contribution in [2.75, 3.05) is 40.6 Å². The van der Waals surface area contributed by atoms with E-state index in [-0.39, 0.29) is 66.5 Å². The number of nitrogens with one attached hydrogen (secondary N) is 1. The maximum Gasteiger partial charge on any atom is 0.0683 e. The summed E-state index contributed by atoms with van der Waals surface area (Å²) in [7, 11) is 3.63. The Morgan fingerprint density at radius 1 is 0.791 bits per heavy atom. The van der Waals surface area contributed by atoms with Crippen LogP contribution in [0.1, 0.15) is 83.5 Å². The minimum atomic E-state index is -0.475. The van der Waals surface area contributed by atoms with E-state index < -0.39 is 6.10 Å². The van der Waals surface area contributed by atoms with Gasteiger partial charge in [0.15, 0.2) is 0 Å². The van der Waals surface area contributed by atoms with Gasteiger partial charge in [0.1, 0.15) is 0 Å². The Morgan fingerprint density at radius 3 is 2.40 bits per heavy atom. The van der Waals surface area contributed by atoms with Gasteiger partial charge in [-0.05, 0) is 94.9 Å². The molecule has 9 heteroatoms. The van der Waals surface area contributed by atoms with Crippen LogP contribution in [0.5, 0.6) is 0 Å². The lowest BCUT2D eigenvalue weighted by Gasteiger charge is -2.54. The highest BCUT2D eigenvalue weighted by atomic mass is 16.5. The van der Waals surface area contributed by atoms with Crippen molar-refractivity contribution in [1.29, 1.82) is 0 Å². The van der Waals surface area contributed by atoms with Gasteiger partial charge < -0.3 is 44.9 Å². The molecular formula is C34H60N2O7. The molecule has 9 nitrogen and oxygen atoms in total. The highest BCUT2D eigenvalue weighted by molar-refractivity contribution is 5.02. The second-order valence-corrected chi connectivity index (χ2v) is 15.1. The summed E-state index contributed by atoms with van der Waals surface area (Å²) >= 11 is 0. The monoisotopic (exact) mass is 608 g/mol. The third-order valence-corrected chi connectivity index (χ3v) is 12.5. The Hall–Kier alpha value is -0.360. The molecule has 6 fully saturated rings. The largest absolute Gasteiger partial charge is 0.393 e. The van der Waals surface area contributed by atoms with Crippen molar-refractivity contribution >= 4 is 0 Å². The van der Waals surface area contributed by atoms with Crippen molar-refractivity contribution < 1.29 is 33.9 Å². The summed E-state index contributed by atoms with van der Waals surface area (Å²) in [6, 6.07) is 0. The molecule has 6 aliphatic rings. The fourth-order valence-corrected chi connectivity index (χ4v) is 10.1. The van der Waals surface area contributed by atoms with E-state index in [1.807, 2.05) is 14.2 Å². The predicted molar refractivity (Wildman–Crippen MR) is 163 cm³/mol. The summed E-state index contributed by atoms with van der Waals surface area (Å²) in [5.74, 6) is 1.83. The van der Waals surface area contributed by atoms with Gasteiger partial charge in [-0.25, -0.2) is 0 Å². The topological polar surface area (TPSA) is 125 Å². The van der Waals surface area contributed by atoms with Gasteiger partial charge in [0.2, 0.25) is 0 Å². The first-order valence-electron chi connectivity index (χ1n) is 17.7. The highest BCUT2D eigenvalue weighted by Crippen LogP contribution is 2.48. The molecule has 15 atom stereocenters.